The minimum Gasteiger partial charge on any atom is -0.497 e. The number of ether oxygens (including phenoxy) is 4. The quantitative estimate of drug-likeness (QED) is 0.426. The van der Waals surface area contributed by atoms with Crippen molar-refractivity contribution in [1.29, 1.82) is 0 Å². The molecule has 2 aliphatic heterocycles. The number of hydrogen-bond acceptors (Lipinski definition) is 7. The van der Waals surface area contributed by atoms with Crippen molar-refractivity contribution in [2.45, 2.75) is 38.2 Å². The summed E-state index contributed by atoms with van der Waals surface area (Å²) in [4.78, 5) is 27.5. The lowest BCUT2D eigenvalue weighted by atomic mass is 9.71. The molecular formula is C32H29NO6. The van der Waals surface area contributed by atoms with E-state index in [1.165, 1.54) is 0 Å². The molecule has 39 heavy (non-hydrogen) atoms. The zero-order chi connectivity index (χ0) is 26.9. The Labute approximate surface area is 227 Å². The van der Waals surface area contributed by atoms with Gasteiger partial charge in [-0.2, -0.15) is 0 Å². The zero-order valence-corrected chi connectivity index (χ0v) is 21.9. The summed E-state index contributed by atoms with van der Waals surface area (Å²) in [5.41, 5.74) is 5.31. The molecule has 3 aromatic carbocycles. The van der Waals surface area contributed by atoms with Gasteiger partial charge in [0.05, 0.1) is 12.7 Å². The van der Waals surface area contributed by atoms with Crippen LogP contribution in [-0.2, 0) is 20.9 Å². The number of allylic oxidation sites excluding steroid dienone is 3. The Kier molecular flexibility index (Phi) is 6.57. The van der Waals surface area contributed by atoms with Gasteiger partial charge in [-0.3, -0.25) is 4.79 Å². The van der Waals surface area contributed by atoms with Crippen LogP contribution in [0.5, 0.6) is 17.2 Å². The van der Waals surface area contributed by atoms with Crippen molar-refractivity contribution in [2.75, 3.05) is 13.9 Å². The van der Waals surface area contributed by atoms with Gasteiger partial charge in [0.25, 0.3) is 0 Å². The first-order valence-corrected chi connectivity index (χ1v) is 13.0. The van der Waals surface area contributed by atoms with Crippen molar-refractivity contribution in [1.82, 2.24) is 5.32 Å². The number of fused-ring (bicyclic) bond motifs is 1. The van der Waals surface area contributed by atoms with Crippen molar-refractivity contribution >= 4 is 11.8 Å². The minimum atomic E-state index is -0.580. The maximum Gasteiger partial charge on any atom is 0.337 e. The average molecular weight is 524 g/mol. The van der Waals surface area contributed by atoms with Crippen molar-refractivity contribution in [2.24, 2.45) is 0 Å². The third-order valence-corrected chi connectivity index (χ3v) is 7.58. The second-order valence-corrected chi connectivity index (χ2v) is 9.96. The van der Waals surface area contributed by atoms with E-state index in [9.17, 15) is 9.59 Å². The van der Waals surface area contributed by atoms with Gasteiger partial charge in [0, 0.05) is 29.3 Å². The van der Waals surface area contributed by atoms with Crippen LogP contribution < -0.4 is 19.5 Å². The first-order valence-electron chi connectivity index (χ1n) is 13.0. The van der Waals surface area contributed by atoms with Crippen molar-refractivity contribution < 1.29 is 28.5 Å². The van der Waals surface area contributed by atoms with Crippen LogP contribution in [0.1, 0.15) is 48.3 Å². The number of rotatable bonds is 6. The molecule has 3 aliphatic rings. The summed E-state index contributed by atoms with van der Waals surface area (Å²) in [6.07, 6.45) is 0.997. The SMILES string of the molecule is COc1ccc([C@@H]2CC(=O)C3=C(C2)NC(C)=C(C(=O)OCc2ccccc2)[C@H]3c2ccc3c(c2)OCO3)cc1. The van der Waals surface area contributed by atoms with Gasteiger partial charge in [0.2, 0.25) is 6.79 Å². The van der Waals surface area contributed by atoms with Crippen LogP contribution >= 0.6 is 0 Å². The molecule has 0 radical (unpaired) electrons. The molecule has 0 unspecified atom stereocenters. The molecular weight excluding hydrogens is 494 g/mol. The standard InChI is InChI=1S/C32H29NO6/c1-19-29(32(35)37-17-20-6-4-3-5-7-20)30(22-10-13-27-28(16-22)39-18-38-27)31-25(33-19)14-23(15-26(31)34)21-8-11-24(36-2)12-9-21/h3-13,16,23,30,33H,14-15,17-18H2,1-2H3/t23-,30+/m0/s1. The molecule has 0 saturated heterocycles. The fraction of sp³-hybridized carbons (Fsp3) is 0.250. The van der Waals surface area contributed by atoms with Gasteiger partial charge in [-0.05, 0) is 60.2 Å². The fourth-order valence-corrected chi connectivity index (χ4v) is 5.65. The molecule has 0 bridgehead atoms. The van der Waals surface area contributed by atoms with E-state index in [0.29, 0.717) is 41.2 Å². The van der Waals surface area contributed by atoms with E-state index in [2.05, 4.69) is 5.32 Å². The maximum atomic E-state index is 13.9. The van der Waals surface area contributed by atoms with E-state index in [-0.39, 0.29) is 25.1 Å². The van der Waals surface area contributed by atoms with Gasteiger partial charge in [0.15, 0.2) is 17.3 Å². The molecule has 198 valence electrons. The van der Waals surface area contributed by atoms with Crippen LogP contribution in [-0.4, -0.2) is 25.7 Å². The van der Waals surface area contributed by atoms with Crippen LogP contribution in [0.25, 0.3) is 0 Å². The topological polar surface area (TPSA) is 83.1 Å². The van der Waals surface area contributed by atoms with Crippen LogP contribution in [0.15, 0.2) is 95.3 Å². The normalized spacial score (nSPS) is 19.9. The Morgan fingerprint density at radius 2 is 1.69 bits per heavy atom. The summed E-state index contributed by atoms with van der Waals surface area (Å²) < 4.78 is 22.2. The monoisotopic (exact) mass is 523 g/mol. The lowest BCUT2D eigenvalue weighted by Gasteiger charge is -2.36. The molecule has 3 aromatic rings. The number of benzene rings is 3. The molecule has 1 N–H and O–H groups in total. The number of esters is 1. The smallest absolute Gasteiger partial charge is 0.337 e. The highest BCUT2D eigenvalue weighted by atomic mass is 16.7. The first-order chi connectivity index (χ1) is 19.0. The van der Waals surface area contributed by atoms with Crippen molar-refractivity contribution in [3.8, 4) is 17.2 Å². The summed E-state index contributed by atoms with van der Waals surface area (Å²) in [5, 5.41) is 3.41. The number of Topliss-reactive ketones (excluding diaryl/α,β-unsaturated/α-hetero) is 1. The molecule has 0 saturated carbocycles. The third kappa shape index (κ3) is 4.76. The van der Waals surface area contributed by atoms with Crippen molar-refractivity contribution in [3.05, 3.63) is 112 Å². The Hall–Kier alpha value is -4.52. The summed E-state index contributed by atoms with van der Waals surface area (Å²) in [5.74, 6) is 1.01. The lowest BCUT2D eigenvalue weighted by molar-refractivity contribution is -0.140. The van der Waals surface area contributed by atoms with E-state index in [1.54, 1.807) is 7.11 Å². The van der Waals surface area contributed by atoms with Crippen LogP contribution in [0.3, 0.4) is 0 Å². The first kappa shape index (κ1) is 24.8. The van der Waals surface area contributed by atoms with E-state index >= 15 is 0 Å². The lowest BCUT2D eigenvalue weighted by Crippen LogP contribution is -2.36. The highest BCUT2D eigenvalue weighted by Gasteiger charge is 2.42. The van der Waals surface area contributed by atoms with Gasteiger partial charge >= 0.3 is 5.97 Å². The molecule has 0 amide bonds. The van der Waals surface area contributed by atoms with Gasteiger partial charge in [0.1, 0.15) is 12.4 Å². The van der Waals surface area contributed by atoms with E-state index in [4.69, 9.17) is 18.9 Å². The average Bonchev–Trinajstić information content (AvgIpc) is 3.44. The number of carbonyl (C=O) groups is 2. The molecule has 7 nitrogen and oxygen atoms in total. The van der Waals surface area contributed by atoms with E-state index in [0.717, 1.165) is 28.1 Å². The molecule has 6 rings (SSSR count). The van der Waals surface area contributed by atoms with Gasteiger partial charge in [-0.1, -0.05) is 48.5 Å². The molecule has 0 spiro atoms. The number of ketones is 1. The second-order valence-electron chi connectivity index (χ2n) is 9.96. The van der Waals surface area contributed by atoms with E-state index < -0.39 is 11.9 Å². The summed E-state index contributed by atoms with van der Waals surface area (Å²) >= 11 is 0. The highest BCUT2D eigenvalue weighted by molar-refractivity contribution is 6.04. The Bertz CT molecular complexity index is 1490. The number of dihydropyridines is 1. The number of nitrogens with one attached hydrogen (secondary N) is 1. The van der Waals surface area contributed by atoms with E-state index in [1.807, 2.05) is 79.7 Å². The maximum absolute atomic E-state index is 13.9. The van der Waals surface area contributed by atoms with Crippen LogP contribution in [0.4, 0.5) is 0 Å². The second kappa shape index (κ2) is 10.3. The predicted octanol–water partition coefficient (Wildman–Crippen LogP) is 5.53. The minimum absolute atomic E-state index is 0.00749. The largest absolute Gasteiger partial charge is 0.497 e. The molecule has 7 heteroatoms. The molecule has 1 aliphatic carbocycles. The summed E-state index contributed by atoms with van der Waals surface area (Å²) in [7, 11) is 1.63. The highest BCUT2D eigenvalue weighted by Crippen LogP contribution is 2.47. The Balaban J connectivity index is 1.36. The van der Waals surface area contributed by atoms with Crippen LogP contribution in [0.2, 0.25) is 0 Å². The number of methoxy groups -OCH3 is 1. The van der Waals surface area contributed by atoms with Crippen molar-refractivity contribution in [3.63, 3.8) is 0 Å². The molecule has 0 aromatic heterocycles. The number of hydrogen-bond donors (Lipinski definition) is 1. The summed E-state index contributed by atoms with van der Waals surface area (Å²) in [6, 6.07) is 23.0. The fourth-order valence-electron chi connectivity index (χ4n) is 5.65. The van der Waals surface area contributed by atoms with Gasteiger partial charge in [-0.25, -0.2) is 4.79 Å². The zero-order valence-electron chi connectivity index (χ0n) is 21.9. The number of carbonyl (C=O) groups excluding carboxylic acids is 2. The molecule has 2 heterocycles. The van der Waals surface area contributed by atoms with Gasteiger partial charge in [-0.15, -0.1) is 0 Å². The molecule has 2 atom stereocenters. The molecule has 0 fully saturated rings. The Morgan fingerprint density at radius 3 is 2.46 bits per heavy atom. The van der Waals surface area contributed by atoms with Gasteiger partial charge < -0.3 is 24.3 Å². The summed E-state index contributed by atoms with van der Waals surface area (Å²) in [6.45, 7) is 2.15. The third-order valence-electron chi connectivity index (χ3n) is 7.58. The predicted molar refractivity (Wildman–Crippen MR) is 144 cm³/mol. The Morgan fingerprint density at radius 1 is 0.949 bits per heavy atom. The van der Waals surface area contributed by atoms with Crippen LogP contribution in [0, 0.1) is 0 Å².